The largest absolute Gasteiger partial charge is 0.389 e. The molecule has 0 aromatic carbocycles. The lowest BCUT2D eigenvalue weighted by Gasteiger charge is -2.27. The molecule has 3 amide bonds. The summed E-state index contributed by atoms with van der Waals surface area (Å²) in [6.07, 6.45) is 4.01. The number of hydrogen-bond donors (Lipinski definition) is 3. The molecule has 0 aromatic rings. The minimum absolute atomic E-state index is 0.155. The second-order valence-corrected chi connectivity index (χ2v) is 3.93. The van der Waals surface area contributed by atoms with Crippen LogP contribution in [0.5, 0.6) is 0 Å². The Morgan fingerprint density at radius 2 is 1.88 bits per heavy atom. The Labute approximate surface area is 94.2 Å². The Bertz CT molecular complexity index is 315. The van der Waals surface area contributed by atoms with Crippen LogP contribution in [0.4, 0.5) is 4.79 Å². The zero-order chi connectivity index (χ0) is 12.2. The van der Waals surface area contributed by atoms with Gasteiger partial charge in [0.1, 0.15) is 6.04 Å². The van der Waals surface area contributed by atoms with E-state index in [-0.39, 0.29) is 6.42 Å². The maximum absolute atomic E-state index is 11.3. The molecule has 5 heteroatoms. The summed E-state index contributed by atoms with van der Waals surface area (Å²) in [4.78, 5) is 22.2. The number of nitrogens with one attached hydrogen (secondary N) is 2. The third-order valence-electron chi connectivity index (χ3n) is 2.49. The molecule has 0 spiro atoms. The van der Waals surface area contributed by atoms with Crippen LogP contribution in [0.3, 0.4) is 0 Å². The lowest BCUT2D eigenvalue weighted by molar-refractivity contribution is -0.121. The van der Waals surface area contributed by atoms with Gasteiger partial charge in [-0.1, -0.05) is 12.2 Å². The van der Waals surface area contributed by atoms with E-state index < -0.39 is 23.6 Å². The van der Waals surface area contributed by atoms with Gasteiger partial charge in [-0.05, 0) is 12.8 Å². The highest BCUT2D eigenvalue weighted by Crippen LogP contribution is 2.23. The van der Waals surface area contributed by atoms with E-state index in [1.807, 2.05) is 0 Å². The van der Waals surface area contributed by atoms with Gasteiger partial charge in [-0.2, -0.15) is 0 Å². The van der Waals surface area contributed by atoms with Crippen molar-refractivity contribution in [3.63, 3.8) is 0 Å². The highest BCUT2D eigenvalue weighted by Gasteiger charge is 2.36. The Morgan fingerprint density at radius 3 is 2.25 bits per heavy atom. The van der Waals surface area contributed by atoms with Gasteiger partial charge >= 0.3 is 6.03 Å². The van der Waals surface area contributed by atoms with Crippen LogP contribution in [0.25, 0.3) is 0 Å². The molecule has 1 fully saturated rings. The predicted molar refractivity (Wildman–Crippen MR) is 59.7 cm³/mol. The zero-order valence-electron chi connectivity index (χ0n) is 9.03. The molecule has 0 aliphatic carbocycles. The number of hydrogen-bond acceptors (Lipinski definition) is 3. The van der Waals surface area contributed by atoms with E-state index in [4.69, 9.17) is 0 Å². The van der Waals surface area contributed by atoms with E-state index in [1.165, 1.54) is 0 Å². The van der Waals surface area contributed by atoms with Crippen molar-refractivity contribution in [2.45, 2.75) is 30.9 Å². The average Bonchev–Trinajstić information content (AvgIpc) is 2.45. The van der Waals surface area contributed by atoms with Crippen LogP contribution in [0.1, 0.15) is 19.3 Å². The number of rotatable bonds is 6. The van der Waals surface area contributed by atoms with Gasteiger partial charge < -0.3 is 10.4 Å². The number of urea groups is 1. The molecule has 0 radical (unpaired) electrons. The van der Waals surface area contributed by atoms with Gasteiger partial charge in [-0.25, -0.2) is 4.79 Å². The first-order valence-corrected chi connectivity index (χ1v) is 5.06. The normalized spacial score (nSPS) is 20.2. The Hall–Kier alpha value is -1.62. The fraction of sp³-hybridized carbons (Fsp3) is 0.455. The first-order chi connectivity index (χ1) is 7.50. The quantitative estimate of drug-likeness (QED) is 0.453. The van der Waals surface area contributed by atoms with Crippen molar-refractivity contribution in [1.82, 2.24) is 10.6 Å². The molecule has 1 atom stereocenters. The molecule has 0 aromatic heterocycles. The summed E-state index contributed by atoms with van der Waals surface area (Å²) in [5.74, 6) is -0.406. The van der Waals surface area contributed by atoms with Gasteiger partial charge in [0.2, 0.25) is 0 Å². The van der Waals surface area contributed by atoms with Crippen molar-refractivity contribution >= 4 is 11.9 Å². The molecule has 88 valence electrons. The summed E-state index contributed by atoms with van der Waals surface area (Å²) in [6, 6.07) is -1.20. The smallest absolute Gasteiger partial charge is 0.322 e. The van der Waals surface area contributed by atoms with Crippen molar-refractivity contribution in [3.05, 3.63) is 25.3 Å². The maximum Gasteiger partial charge on any atom is 0.322 e. The van der Waals surface area contributed by atoms with E-state index in [9.17, 15) is 14.7 Å². The monoisotopic (exact) mass is 224 g/mol. The highest BCUT2D eigenvalue weighted by molar-refractivity contribution is 6.04. The van der Waals surface area contributed by atoms with Crippen LogP contribution in [-0.4, -0.2) is 28.7 Å². The molecular weight excluding hydrogens is 208 g/mol. The summed E-state index contributed by atoms with van der Waals surface area (Å²) in [5.41, 5.74) is -1.08. The Balaban J connectivity index is 2.67. The molecule has 1 heterocycles. The van der Waals surface area contributed by atoms with Crippen LogP contribution in [-0.2, 0) is 4.79 Å². The predicted octanol–water partition coefficient (Wildman–Crippen LogP) is 0.468. The number of aliphatic hydroxyl groups is 1. The van der Waals surface area contributed by atoms with Crippen molar-refractivity contribution in [2.75, 3.05) is 0 Å². The van der Waals surface area contributed by atoms with E-state index in [0.29, 0.717) is 12.8 Å². The van der Waals surface area contributed by atoms with Crippen LogP contribution in [0.2, 0.25) is 0 Å². The second-order valence-electron chi connectivity index (χ2n) is 3.93. The number of carbonyl (C=O) groups is 2. The van der Waals surface area contributed by atoms with Gasteiger partial charge in [0, 0.05) is 6.42 Å². The van der Waals surface area contributed by atoms with Crippen molar-refractivity contribution < 1.29 is 14.7 Å². The third kappa shape index (κ3) is 2.93. The number of carbonyl (C=O) groups excluding carboxylic acids is 2. The molecule has 0 bridgehead atoms. The van der Waals surface area contributed by atoms with Crippen LogP contribution in [0, 0.1) is 0 Å². The van der Waals surface area contributed by atoms with Gasteiger partial charge in [0.05, 0.1) is 5.60 Å². The fourth-order valence-corrected chi connectivity index (χ4v) is 1.77. The molecule has 3 N–H and O–H groups in total. The molecule has 0 saturated carbocycles. The minimum Gasteiger partial charge on any atom is -0.389 e. The minimum atomic E-state index is -1.08. The zero-order valence-corrected chi connectivity index (χ0v) is 9.03. The molecular formula is C11H16N2O3. The second kappa shape index (κ2) is 4.94. The lowest BCUT2D eigenvalue weighted by atomic mass is 9.88. The molecule has 1 aliphatic heterocycles. The highest BCUT2D eigenvalue weighted by atomic mass is 16.3. The maximum atomic E-state index is 11.3. The molecule has 1 rings (SSSR count). The standard InChI is InChI=1S/C11H16N2O3/c1-3-5-11(16,6-4-2)7-8-9(14)13-10(15)12-8/h3-4,8,16H,1-2,5-7H2,(H2,12,13,14,15). The van der Waals surface area contributed by atoms with Gasteiger partial charge in [0.25, 0.3) is 5.91 Å². The number of imide groups is 1. The van der Waals surface area contributed by atoms with Crippen molar-refractivity contribution in [2.24, 2.45) is 0 Å². The summed E-state index contributed by atoms with van der Waals surface area (Å²) in [7, 11) is 0. The van der Waals surface area contributed by atoms with Crippen LogP contribution in [0.15, 0.2) is 25.3 Å². The van der Waals surface area contributed by atoms with Crippen LogP contribution < -0.4 is 10.6 Å². The summed E-state index contributed by atoms with van der Waals surface area (Å²) >= 11 is 0. The third-order valence-corrected chi connectivity index (χ3v) is 2.49. The molecule has 1 saturated heterocycles. The lowest BCUT2D eigenvalue weighted by Crippen LogP contribution is -2.40. The van der Waals surface area contributed by atoms with E-state index in [1.54, 1.807) is 12.2 Å². The van der Waals surface area contributed by atoms with Gasteiger partial charge in [-0.15, -0.1) is 13.2 Å². The number of amides is 3. The first-order valence-electron chi connectivity index (χ1n) is 5.06. The van der Waals surface area contributed by atoms with E-state index in [2.05, 4.69) is 23.8 Å². The average molecular weight is 224 g/mol. The molecule has 1 aliphatic rings. The van der Waals surface area contributed by atoms with E-state index >= 15 is 0 Å². The van der Waals surface area contributed by atoms with Gasteiger partial charge in [-0.3, -0.25) is 10.1 Å². The van der Waals surface area contributed by atoms with Crippen molar-refractivity contribution in [1.29, 1.82) is 0 Å². The molecule has 16 heavy (non-hydrogen) atoms. The Morgan fingerprint density at radius 1 is 1.31 bits per heavy atom. The fourth-order valence-electron chi connectivity index (χ4n) is 1.77. The molecule has 5 nitrogen and oxygen atoms in total. The van der Waals surface area contributed by atoms with Gasteiger partial charge in [0.15, 0.2) is 0 Å². The first kappa shape index (κ1) is 12.4. The SMILES string of the molecule is C=CCC(O)(CC=C)CC1NC(=O)NC1=O. The molecule has 1 unspecified atom stereocenters. The Kier molecular flexibility index (Phi) is 3.84. The summed E-state index contributed by atoms with van der Waals surface area (Å²) in [6.45, 7) is 7.11. The summed E-state index contributed by atoms with van der Waals surface area (Å²) < 4.78 is 0. The topological polar surface area (TPSA) is 78.4 Å². The van der Waals surface area contributed by atoms with Crippen molar-refractivity contribution in [3.8, 4) is 0 Å². The van der Waals surface area contributed by atoms with Crippen LogP contribution >= 0.6 is 0 Å². The van der Waals surface area contributed by atoms with E-state index in [0.717, 1.165) is 0 Å². The summed E-state index contributed by atoms with van der Waals surface area (Å²) in [5, 5.41) is 14.8.